The lowest BCUT2D eigenvalue weighted by atomic mass is 9.88. The van der Waals surface area contributed by atoms with E-state index in [1.165, 1.54) is 6.92 Å². The molecule has 0 aromatic heterocycles. The second-order valence-electron chi connectivity index (χ2n) is 6.84. The Labute approximate surface area is 178 Å². The van der Waals surface area contributed by atoms with Crippen LogP contribution in [0.5, 0.6) is 23.0 Å². The van der Waals surface area contributed by atoms with Crippen molar-refractivity contribution in [3.63, 3.8) is 0 Å². The highest BCUT2D eigenvalue weighted by molar-refractivity contribution is 5.67. The van der Waals surface area contributed by atoms with Gasteiger partial charge in [-0.1, -0.05) is 19.1 Å². The van der Waals surface area contributed by atoms with Crippen LogP contribution in [0, 0.1) is 0 Å². The van der Waals surface area contributed by atoms with Gasteiger partial charge in [-0.05, 0) is 41.8 Å². The normalized spacial score (nSPS) is 12.5. The first-order valence-electron chi connectivity index (χ1n) is 9.64. The van der Waals surface area contributed by atoms with Gasteiger partial charge >= 0.3 is 5.97 Å². The summed E-state index contributed by atoms with van der Waals surface area (Å²) >= 11 is 0. The maximum absolute atomic E-state index is 11.9. The Bertz CT molecular complexity index is 864. The Morgan fingerprint density at radius 1 is 0.933 bits per heavy atom. The van der Waals surface area contributed by atoms with Gasteiger partial charge in [0.25, 0.3) is 0 Å². The lowest BCUT2D eigenvalue weighted by Gasteiger charge is -2.28. The Balaban J connectivity index is 2.61. The van der Waals surface area contributed by atoms with Gasteiger partial charge in [0.1, 0.15) is 17.6 Å². The number of hydrogen-bond acceptors (Lipinski definition) is 6. The van der Waals surface area contributed by atoms with Crippen LogP contribution < -0.4 is 18.9 Å². The standard InChI is InChI=1S/C24H30O6/c1-8-9-17-12-21(28-6)23(22(13-17)29-7)15(2)24(30-16(3)25)18-10-11-19(26-4)20(14-18)27-5/h8,10-15,24H,1,9H2,2-7H3/t15-,24+/m0/s1. The Morgan fingerprint density at radius 2 is 1.50 bits per heavy atom. The van der Waals surface area contributed by atoms with E-state index < -0.39 is 6.10 Å². The summed E-state index contributed by atoms with van der Waals surface area (Å²) in [4.78, 5) is 11.9. The number of rotatable bonds is 10. The Hall–Kier alpha value is -3.15. The highest BCUT2D eigenvalue weighted by Crippen LogP contribution is 2.45. The summed E-state index contributed by atoms with van der Waals surface area (Å²) in [6.07, 6.45) is 1.92. The average molecular weight is 414 g/mol. The molecular weight excluding hydrogens is 384 g/mol. The highest BCUT2D eigenvalue weighted by atomic mass is 16.5. The average Bonchev–Trinajstić information content (AvgIpc) is 2.75. The first-order chi connectivity index (χ1) is 14.4. The zero-order valence-electron chi connectivity index (χ0n) is 18.5. The Kier molecular flexibility index (Phi) is 8.16. The largest absolute Gasteiger partial charge is 0.496 e. The smallest absolute Gasteiger partial charge is 0.303 e. The van der Waals surface area contributed by atoms with Crippen LogP contribution in [0.3, 0.4) is 0 Å². The van der Waals surface area contributed by atoms with Crippen molar-refractivity contribution < 1.29 is 28.5 Å². The molecule has 162 valence electrons. The molecule has 2 atom stereocenters. The van der Waals surface area contributed by atoms with Crippen molar-refractivity contribution in [3.05, 3.63) is 59.7 Å². The number of esters is 1. The molecule has 0 saturated carbocycles. The third-order valence-electron chi connectivity index (χ3n) is 4.92. The maximum Gasteiger partial charge on any atom is 0.303 e. The summed E-state index contributed by atoms with van der Waals surface area (Å²) in [6, 6.07) is 9.37. The molecular formula is C24H30O6. The number of carbonyl (C=O) groups is 1. The molecule has 0 aliphatic heterocycles. The minimum atomic E-state index is -0.588. The summed E-state index contributed by atoms with van der Waals surface area (Å²) < 4.78 is 27.8. The molecule has 0 unspecified atom stereocenters. The fourth-order valence-corrected chi connectivity index (χ4v) is 3.55. The number of hydrogen-bond donors (Lipinski definition) is 0. The SMILES string of the molecule is C=CCc1cc(OC)c([C@H](C)[C@@H](OC(C)=O)c2ccc(OC)c(OC)c2)c(OC)c1. The van der Waals surface area contributed by atoms with Crippen molar-refractivity contribution in [2.75, 3.05) is 28.4 Å². The van der Waals surface area contributed by atoms with Crippen molar-refractivity contribution in [1.29, 1.82) is 0 Å². The quantitative estimate of drug-likeness (QED) is 0.409. The van der Waals surface area contributed by atoms with E-state index in [4.69, 9.17) is 23.7 Å². The van der Waals surface area contributed by atoms with Crippen LogP contribution in [0.4, 0.5) is 0 Å². The minimum Gasteiger partial charge on any atom is -0.496 e. The van der Waals surface area contributed by atoms with Gasteiger partial charge in [0.2, 0.25) is 0 Å². The van der Waals surface area contributed by atoms with Gasteiger partial charge in [-0.25, -0.2) is 0 Å². The van der Waals surface area contributed by atoms with Gasteiger partial charge in [-0.3, -0.25) is 4.79 Å². The molecule has 0 radical (unpaired) electrons. The molecule has 2 aromatic rings. The lowest BCUT2D eigenvalue weighted by Crippen LogP contribution is -2.17. The number of allylic oxidation sites excluding steroid dienone is 1. The van der Waals surface area contributed by atoms with E-state index in [0.29, 0.717) is 29.4 Å². The van der Waals surface area contributed by atoms with Gasteiger partial charge in [0.15, 0.2) is 11.5 Å². The second kappa shape index (κ2) is 10.6. The van der Waals surface area contributed by atoms with Crippen LogP contribution in [-0.2, 0) is 16.0 Å². The minimum absolute atomic E-state index is 0.269. The Morgan fingerprint density at radius 3 is 1.97 bits per heavy atom. The number of carbonyl (C=O) groups excluding carboxylic acids is 1. The molecule has 2 rings (SSSR count). The lowest BCUT2D eigenvalue weighted by molar-refractivity contribution is -0.147. The first kappa shape index (κ1) is 23.1. The van der Waals surface area contributed by atoms with Gasteiger partial charge < -0.3 is 23.7 Å². The third-order valence-corrected chi connectivity index (χ3v) is 4.92. The fourth-order valence-electron chi connectivity index (χ4n) is 3.55. The van der Waals surface area contributed by atoms with Gasteiger partial charge in [0, 0.05) is 18.4 Å². The second-order valence-corrected chi connectivity index (χ2v) is 6.84. The molecule has 0 fully saturated rings. The van der Waals surface area contributed by atoms with Crippen LogP contribution in [0.15, 0.2) is 43.0 Å². The number of benzene rings is 2. The van der Waals surface area contributed by atoms with Crippen molar-refractivity contribution in [2.24, 2.45) is 0 Å². The van der Waals surface area contributed by atoms with E-state index >= 15 is 0 Å². The van der Waals surface area contributed by atoms with Crippen molar-refractivity contribution >= 4 is 5.97 Å². The van der Waals surface area contributed by atoms with E-state index in [9.17, 15) is 4.79 Å². The predicted octanol–water partition coefficient (Wildman–Crippen LogP) is 4.86. The third kappa shape index (κ3) is 5.06. The van der Waals surface area contributed by atoms with E-state index in [1.807, 2.05) is 37.3 Å². The van der Waals surface area contributed by atoms with Crippen molar-refractivity contribution in [2.45, 2.75) is 32.3 Å². The molecule has 0 amide bonds. The van der Waals surface area contributed by atoms with E-state index in [-0.39, 0.29) is 11.9 Å². The van der Waals surface area contributed by atoms with Crippen molar-refractivity contribution in [1.82, 2.24) is 0 Å². The molecule has 30 heavy (non-hydrogen) atoms. The molecule has 0 bridgehead atoms. The number of methoxy groups -OCH3 is 4. The zero-order chi connectivity index (χ0) is 22.3. The summed E-state index contributed by atoms with van der Waals surface area (Å²) in [5.41, 5.74) is 2.60. The maximum atomic E-state index is 11.9. The van der Waals surface area contributed by atoms with Gasteiger partial charge in [-0.15, -0.1) is 6.58 Å². The molecule has 0 heterocycles. The molecule has 0 saturated heterocycles. The van der Waals surface area contributed by atoms with Crippen LogP contribution in [-0.4, -0.2) is 34.4 Å². The van der Waals surface area contributed by atoms with Gasteiger partial charge in [-0.2, -0.15) is 0 Å². The van der Waals surface area contributed by atoms with Crippen LogP contribution in [0.25, 0.3) is 0 Å². The molecule has 6 nitrogen and oxygen atoms in total. The summed E-state index contributed by atoms with van der Waals surface area (Å²) in [5.74, 6) is 1.82. The first-order valence-corrected chi connectivity index (χ1v) is 9.64. The summed E-state index contributed by atoms with van der Waals surface area (Å²) in [6.45, 7) is 7.16. The number of ether oxygens (including phenoxy) is 5. The zero-order valence-corrected chi connectivity index (χ0v) is 18.5. The van der Waals surface area contributed by atoms with Crippen LogP contribution >= 0.6 is 0 Å². The van der Waals surface area contributed by atoms with Crippen LogP contribution in [0.2, 0.25) is 0 Å². The summed E-state index contributed by atoms with van der Waals surface area (Å²) in [5, 5.41) is 0. The molecule has 0 spiro atoms. The fraction of sp³-hybridized carbons (Fsp3) is 0.375. The molecule has 0 aliphatic carbocycles. The van der Waals surface area contributed by atoms with Crippen LogP contribution in [0.1, 0.15) is 42.6 Å². The van der Waals surface area contributed by atoms with Crippen molar-refractivity contribution in [3.8, 4) is 23.0 Å². The molecule has 0 aliphatic rings. The molecule has 6 heteroatoms. The van der Waals surface area contributed by atoms with E-state index in [1.54, 1.807) is 34.5 Å². The summed E-state index contributed by atoms with van der Waals surface area (Å²) in [7, 11) is 6.36. The van der Waals surface area contributed by atoms with E-state index in [0.717, 1.165) is 16.7 Å². The monoisotopic (exact) mass is 414 g/mol. The van der Waals surface area contributed by atoms with Gasteiger partial charge in [0.05, 0.1) is 28.4 Å². The highest BCUT2D eigenvalue weighted by Gasteiger charge is 2.30. The molecule has 2 aromatic carbocycles. The topological polar surface area (TPSA) is 63.2 Å². The van der Waals surface area contributed by atoms with E-state index in [2.05, 4.69) is 6.58 Å². The predicted molar refractivity (Wildman–Crippen MR) is 116 cm³/mol. The molecule has 0 N–H and O–H groups in total.